The Hall–Kier alpha value is -0.430. The number of aliphatic hydroxyl groups is 1. The van der Waals surface area contributed by atoms with Crippen molar-refractivity contribution in [3.8, 4) is 0 Å². The van der Waals surface area contributed by atoms with Gasteiger partial charge < -0.3 is 5.11 Å². The highest BCUT2D eigenvalue weighted by Crippen LogP contribution is 2.23. The molecule has 1 aromatic carbocycles. The molecule has 18 heavy (non-hydrogen) atoms. The molecule has 6 heteroatoms. The lowest BCUT2D eigenvalue weighted by Gasteiger charge is -2.20. The maximum absolute atomic E-state index is 12.2. The van der Waals surface area contributed by atoms with Crippen LogP contribution in [0.15, 0.2) is 27.6 Å². The third-order valence-corrected chi connectivity index (χ3v) is 5.15. The highest BCUT2D eigenvalue weighted by molar-refractivity contribution is 9.10. The molecule has 0 fully saturated rings. The topological polar surface area (TPSA) is 66.4 Å². The van der Waals surface area contributed by atoms with Crippen LogP contribution in [0.1, 0.15) is 19.4 Å². The second-order valence-corrected chi connectivity index (χ2v) is 7.12. The van der Waals surface area contributed by atoms with E-state index in [0.29, 0.717) is 4.47 Å². The maximum Gasteiger partial charge on any atom is 0.242 e. The Morgan fingerprint density at radius 2 is 2.00 bits per heavy atom. The van der Waals surface area contributed by atoms with E-state index in [4.69, 9.17) is 0 Å². The number of rotatable bonds is 5. The average Bonchev–Trinajstić information content (AvgIpc) is 2.24. The Labute approximate surface area is 117 Å². The van der Waals surface area contributed by atoms with Crippen LogP contribution in [0.4, 0.5) is 0 Å². The second-order valence-electron chi connectivity index (χ2n) is 4.59. The molecule has 1 rings (SSSR count). The number of aryl methyl sites for hydroxylation is 1. The standard InChI is InChI=1S/C12H18BrNO3S/c1-8(2)11(7-15)14-18(16,17)12-5-4-9(3)6-10(12)13/h4-6,8,11,14-15H,7H2,1-3H3. The summed E-state index contributed by atoms with van der Waals surface area (Å²) in [4.78, 5) is 0.187. The molecular weight excluding hydrogens is 318 g/mol. The van der Waals surface area contributed by atoms with Crippen molar-refractivity contribution in [1.29, 1.82) is 0 Å². The third-order valence-electron chi connectivity index (χ3n) is 2.68. The van der Waals surface area contributed by atoms with Crippen LogP contribution < -0.4 is 4.72 Å². The molecule has 0 aliphatic heterocycles. The maximum atomic E-state index is 12.2. The quantitative estimate of drug-likeness (QED) is 0.865. The fourth-order valence-corrected chi connectivity index (χ4v) is 4.04. The summed E-state index contributed by atoms with van der Waals surface area (Å²) in [5.41, 5.74) is 0.975. The molecule has 0 aromatic heterocycles. The van der Waals surface area contributed by atoms with Crippen LogP contribution in [0, 0.1) is 12.8 Å². The normalized spacial score (nSPS) is 13.9. The fourth-order valence-electron chi connectivity index (χ4n) is 1.47. The molecule has 1 unspecified atom stereocenters. The zero-order chi connectivity index (χ0) is 13.9. The lowest BCUT2D eigenvalue weighted by molar-refractivity contribution is 0.227. The summed E-state index contributed by atoms with van der Waals surface area (Å²) >= 11 is 3.25. The molecule has 0 amide bonds. The van der Waals surface area contributed by atoms with E-state index in [-0.39, 0.29) is 17.4 Å². The minimum Gasteiger partial charge on any atom is -0.395 e. The van der Waals surface area contributed by atoms with E-state index in [1.807, 2.05) is 20.8 Å². The first-order valence-electron chi connectivity index (χ1n) is 5.67. The SMILES string of the molecule is Cc1ccc(S(=O)(=O)NC(CO)C(C)C)c(Br)c1. The van der Waals surface area contributed by atoms with Crippen molar-refractivity contribution in [1.82, 2.24) is 4.72 Å². The van der Waals surface area contributed by atoms with Gasteiger partial charge in [0.15, 0.2) is 0 Å². The van der Waals surface area contributed by atoms with Crippen LogP contribution in [-0.2, 0) is 10.0 Å². The molecule has 0 bridgehead atoms. The number of hydrogen-bond acceptors (Lipinski definition) is 3. The molecule has 0 aliphatic rings. The molecule has 0 spiro atoms. The molecule has 2 N–H and O–H groups in total. The van der Waals surface area contributed by atoms with E-state index < -0.39 is 16.1 Å². The summed E-state index contributed by atoms with van der Waals surface area (Å²) in [7, 11) is -3.62. The number of sulfonamides is 1. The highest BCUT2D eigenvalue weighted by Gasteiger charge is 2.23. The van der Waals surface area contributed by atoms with Gasteiger partial charge in [-0.25, -0.2) is 13.1 Å². The molecule has 0 radical (unpaired) electrons. The van der Waals surface area contributed by atoms with Gasteiger partial charge in [-0.3, -0.25) is 0 Å². The van der Waals surface area contributed by atoms with Crippen molar-refractivity contribution in [3.05, 3.63) is 28.2 Å². The molecular formula is C12H18BrNO3S. The Kier molecular flexibility index (Phi) is 5.33. The van der Waals surface area contributed by atoms with E-state index in [2.05, 4.69) is 20.7 Å². The van der Waals surface area contributed by atoms with Crippen molar-refractivity contribution in [3.63, 3.8) is 0 Å². The minimum absolute atomic E-state index is 0.0222. The summed E-state index contributed by atoms with van der Waals surface area (Å²) in [6.07, 6.45) is 0. The van der Waals surface area contributed by atoms with E-state index >= 15 is 0 Å². The number of halogens is 1. The first-order chi connectivity index (χ1) is 8.27. The monoisotopic (exact) mass is 335 g/mol. The van der Waals surface area contributed by atoms with Crippen molar-refractivity contribution < 1.29 is 13.5 Å². The number of benzene rings is 1. The number of hydrogen-bond donors (Lipinski definition) is 2. The first-order valence-corrected chi connectivity index (χ1v) is 7.95. The Morgan fingerprint density at radius 3 is 2.44 bits per heavy atom. The van der Waals surface area contributed by atoms with Crippen molar-refractivity contribution in [2.75, 3.05) is 6.61 Å². The van der Waals surface area contributed by atoms with Gasteiger partial charge in [0.1, 0.15) is 0 Å². The third kappa shape index (κ3) is 3.78. The second kappa shape index (κ2) is 6.14. The summed E-state index contributed by atoms with van der Waals surface area (Å²) < 4.78 is 27.4. The summed E-state index contributed by atoms with van der Waals surface area (Å²) in [6.45, 7) is 5.38. The first kappa shape index (κ1) is 15.6. The van der Waals surface area contributed by atoms with Gasteiger partial charge in [-0.15, -0.1) is 0 Å². The van der Waals surface area contributed by atoms with E-state index in [9.17, 15) is 13.5 Å². The smallest absolute Gasteiger partial charge is 0.242 e. The molecule has 0 saturated carbocycles. The van der Waals surface area contributed by atoms with Gasteiger partial charge in [0.05, 0.1) is 11.5 Å². The highest BCUT2D eigenvalue weighted by atomic mass is 79.9. The van der Waals surface area contributed by atoms with Crippen molar-refractivity contribution in [2.45, 2.75) is 31.7 Å². The van der Waals surface area contributed by atoms with Gasteiger partial charge in [0, 0.05) is 10.5 Å². The van der Waals surface area contributed by atoms with E-state index in [1.54, 1.807) is 18.2 Å². The van der Waals surface area contributed by atoms with Gasteiger partial charge in [-0.05, 0) is 46.5 Å². The predicted molar refractivity (Wildman–Crippen MR) is 74.9 cm³/mol. The number of nitrogens with one attached hydrogen (secondary N) is 1. The predicted octanol–water partition coefficient (Wildman–Crippen LogP) is 2.05. The van der Waals surface area contributed by atoms with Gasteiger partial charge >= 0.3 is 0 Å². The Morgan fingerprint density at radius 1 is 1.39 bits per heavy atom. The Balaban J connectivity index is 3.06. The van der Waals surface area contributed by atoms with Crippen LogP contribution >= 0.6 is 15.9 Å². The number of aliphatic hydroxyl groups excluding tert-OH is 1. The summed E-state index contributed by atoms with van der Waals surface area (Å²) in [5, 5.41) is 9.18. The fraction of sp³-hybridized carbons (Fsp3) is 0.500. The van der Waals surface area contributed by atoms with Crippen molar-refractivity contribution in [2.24, 2.45) is 5.92 Å². The summed E-state index contributed by atoms with van der Waals surface area (Å²) in [6, 6.07) is 4.56. The molecule has 1 aromatic rings. The minimum atomic E-state index is -3.62. The van der Waals surface area contributed by atoms with Gasteiger partial charge in [0.2, 0.25) is 10.0 Å². The van der Waals surface area contributed by atoms with E-state index in [0.717, 1.165) is 5.56 Å². The molecule has 0 saturated heterocycles. The lowest BCUT2D eigenvalue weighted by Crippen LogP contribution is -2.41. The van der Waals surface area contributed by atoms with Crippen molar-refractivity contribution >= 4 is 26.0 Å². The van der Waals surface area contributed by atoms with Gasteiger partial charge in [-0.1, -0.05) is 19.9 Å². The van der Waals surface area contributed by atoms with Gasteiger partial charge in [-0.2, -0.15) is 0 Å². The average molecular weight is 336 g/mol. The van der Waals surface area contributed by atoms with Crippen LogP contribution in [0.3, 0.4) is 0 Å². The van der Waals surface area contributed by atoms with Crippen LogP contribution in [-0.4, -0.2) is 26.2 Å². The zero-order valence-electron chi connectivity index (χ0n) is 10.6. The molecule has 4 nitrogen and oxygen atoms in total. The molecule has 0 aliphatic carbocycles. The van der Waals surface area contributed by atoms with Crippen LogP contribution in [0.5, 0.6) is 0 Å². The Bertz CT molecular complexity index is 514. The van der Waals surface area contributed by atoms with Gasteiger partial charge in [0.25, 0.3) is 0 Å². The molecule has 102 valence electrons. The zero-order valence-corrected chi connectivity index (χ0v) is 13.0. The molecule has 1 atom stereocenters. The lowest BCUT2D eigenvalue weighted by atomic mass is 10.1. The van der Waals surface area contributed by atoms with E-state index in [1.165, 1.54) is 0 Å². The van der Waals surface area contributed by atoms with Crippen LogP contribution in [0.2, 0.25) is 0 Å². The van der Waals surface area contributed by atoms with Crippen LogP contribution in [0.25, 0.3) is 0 Å². The summed E-state index contributed by atoms with van der Waals surface area (Å²) in [5.74, 6) is 0.0222. The largest absolute Gasteiger partial charge is 0.395 e. The molecule has 0 heterocycles.